The minimum Gasteiger partial charge on any atom is -0.368 e. The van der Waals surface area contributed by atoms with Crippen LogP contribution >= 0.6 is 0 Å². The van der Waals surface area contributed by atoms with Crippen molar-refractivity contribution < 1.29 is 18.0 Å². The van der Waals surface area contributed by atoms with Crippen molar-refractivity contribution in [1.82, 2.24) is 4.72 Å². The van der Waals surface area contributed by atoms with Crippen molar-refractivity contribution in [2.45, 2.75) is 31.2 Å². The normalized spacial score (nSPS) is 12.9. The van der Waals surface area contributed by atoms with Crippen molar-refractivity contribution >= 4 is 21.7 Å². The fraction of sp³-hybridized carbons (Fsp3) is 0.333. The number of carbonyl (C=O) groups excluding carboxylic acids is 2. The van der Waals surface area contributed by atoms with Gasteiger partial charge in [-0.2, -0.15) is 4.72 Å². The van der Waals surface area contributed by atoms with E-state index in [1.54, 1.807) is 13.0 Å². The van der Waals surface area contributed by atoms with Crippen LogP contribution in [0.2, 0.25) is 0 Å². The second kappa shape index (κ2) is 5.94. The van der Waals surface area contributed by atoms with Gasteiger partial charge in [0.2, 0.25) is 15.9 Å². The molecule has 0 bridgehead atoms. The topological polar surface area (TPSA) is 106 Å². The number of nitrogens with two attached hydrogens (primary N) is 1. The van der Waals surface area contributed by atoms with Gasteiger partial charge in [-0.15, -0.1) is 0 Å². The number of amides is 1. The summed E-state index contributed by atoms with van der Waals surface area (Å²) >= 11 is 0. The number of benzene rings is 1. The van der Waals surface area contributed by atoms with Gasteiger partial charge in [0.1, 0.15) is 0 Å². The summed E-state index contributed by atoms with van der Waals surface area (Å²) < 4.78 is 26.1. The van der Waals surface area contributed by atoms with Crippen LogP contribution in [-0.2, 0) is 14.8 Å². The summed E-state index contributed by atoms with van der Waals surface area (Å²) in [6, 6.07) is 4.63. The fourth-order valence-electron chi connectivity index (χ4n) is 1.40. The van der Waals surface area contributed by atoms with Crippen molar-refractivity contribution in [3.05, 3.63) is 29.8 Å². The van der Waals surface area contributed by atoms with Crippen LogP contribution in [0.5, 0.6) is 0 Å². The van der Waals surface area contributed by atoms with Gasteiger partial charge in [0.15, 0.2) is 5.78 Å². The summed E-state index contributed by atoms with van der Waals surface area (Å²) in [4.78, 5) is 22.3. The van der Waals surface area contributed by atoms with Gasteiger partial charge < -0.3 is 5.73 Å². The van der Waals surface area contributed by atoms with Crippen LogP contribution in [0, 0.1) is 0 Å². The molecule has 19 heavy (non-hydrogen) atoms. The maximum absolute atomic E-state index is 12.0. The van der Waals surface area contributed by atoms with Crippen molar-refractivity contribution in [2.24, 2.45) is 5.73 Å². The predicted octanol–water partition coefficient (Wildman–Crippen LogP) is 0.431. The van der Waals surface area contributed by atoms with Gasteiger partial charge in [-0.05, 0) is 19.1 Å². The maximum Gasteiger partial charge on any atom is 0.241 e. The molecule has 0 heterocycles. The third-order valence-corrected chi connectivity index (χ3v) is 4.08. The average molecular weight is 284 g/mol. The molecular formula is C12H16N2O4S. The molecule has 0 aromatic heterocycles. The van der Waals surface area contributed by atoms with Crippen LogP contribution in [0.3, 0.4) is 0 Å². The Morgan fingerprint density at radius 1 is 1.37 bits per heavy atom. The lowest BCUT2D eigenvalue weighted by Gasteiger charge is -2.11. The minimum absolute atomic E-state index is 0.0695. The highest BCUT2D eigenvalue weighted by molar-refractivity contribution is 7.89. The molecule has 0 saturated carbocycles. The Hall–Kier alpha value is -1.73. The molecule has 1 unspecified atom stereocenters. The maximum atomic E-state index is 12.0. The summed E-state index contributed by atoms with van der Waals surface area (Å²) in [6.45, 7) is 3.04. The summed E-state index contributed by atoms with van der Waals surface area (Å²) in [6.07, 6.45) is 0.286. The van der Waals surface area contributed by atoms with E-state index in [0.29, 0.717) is 5.56 Å². The van der Waals surface area contributed by atoms with Gasteiger partial charge in [0.25, 0.3) is 0 Å². The molecule has 0 aliphatic heterocycles. The minimum atomic E-state index is -3.87. The van der Waals surface area contributed by atoms with Crippen LogP contribution in [0.4, 0.5) is 0 Å². The zero-order chi connectivity index (χ0) is 14.6. The second-order valence-electron chi connectivity index (χ2n) is 4.05. The van der Waals surface area contributed by atoms with Gasteiger partial charge in [0, 0.05) is 12.0 Å². The van der Waals surface area contributed by atoms with Gasteiger partial charge >= 0.3 is 0 Å². The van der Waals surface area contributed by atoms with Crippen LogP contribution in [0.25, 0.3) is 0 Å². The monoisotopic (exact) mass is 284 g/mol. The van der Waals surface area contributed by atoms with E-state index in [2.05, 4.69) is 4.72 Å². The molecule has 7 heteroatoms. The Morgan fingerprint density at radius 3 is 2.53 bits per heavy atom. The number of primary amides is 1. The SMILES string of the molecule is CCC(=O)c1cccc(S(=O)(=O)NC(C)C(N)=O)c1. The molecule has 0 radical (unpaired) electrons. The van der Waals surface area contributed by atoms with Gasteiger partial charge in [-0.1, -0.05) is 19.1 Å². The van der Waals surface area contributed by atoms with E-state index in [0.717, 1.165) is 0 Å². The van der Waals surface area contributed by atoms with Gasteiger partial charge in [-0.3, -0.25) is 9.59 Å². The number of Topliss-reactive ketones (excluding diaryl/α,β-unsaturated/α-hetero) is 1. The van der Waals surface area contributed by atoms with E-state index in [-0.39, 0.29) is 17.1 Å². The van der Waals surface area contributed by atoms with Crippen LogP contribution in [0.1, 0.15) is 30.6 Å². The van der Waals surface area contributed by atoms with E-state index in [9.17, 15) is 18.0 Å². The van der Waals surface area contributed by atoms with Crippen molar-refractivity contribution in [2.75, 3.05) is 0 Å². The lowest BCUT2D eigenvalue weighted by molar-refractivity contribution is -0.119. The quantitative estimate of drug-likeness (QED) is 0.739. The number of sulfonamides is 1. The van der Waals surface area contributed by atoms with E-state index < -0.39 is 22.0 Å². The zero-order valence-corrected chi connectivity index (χ0v) is 11.5. The zero-order valence-electron chi connectivity index (χ0n) is 10.7. The Bertz CT molecular complexity index is 596. The summed E-state index contributed by atoms with van der Waals surface area (Å²) in [5, 5.41) is 0. The Morgan fingerprint density at radius 2 is 2.00 bits per heavy atom. The lowest BCUT2D eigenvalue weighted by Crippen LogP contribution is -2.42. The summed E-state index contributed by atoms with van der Waals surface area (Å²) in [7, 11) is -3.87. The number of rotatable bonds is 6. The Balaban J connectivity index is 3.08. The van der Waals surface area contributed by atoms with Crippen molar-refractivity contribution in [3.63, 3.8) is 0 Å². The number of hydrogen-bond acceptors (Lipinski definition) is 4. The molecule has 0 saturated heterocycles. The number of nitrogens with one attached hydrogen (secondary N) is 1. The highest BCUT2D eigenvalue weighted by Crippen LogP contribution is 2.13. The first-order valence-electron chi connectivity index (χ1n) is 5.73. The molecule has 1 aromatic carbocycles. The lowest BCUT2D eigenvalue weighted by atomic mass is 10.1. The average Bonchev–Trinajstić information content (AvgIpc) is 2.37. The predicted molar refractivity (Wildman–Crippen MR) is 70.0 cm³/mol. The molecule has 0 aliphatic carbocycles. The Labute approximate surface area is 112 Å². The van der Waals surface area contributed by atoms with Crippen molar-refractivity contribution in [1.29, 1.82) is 0 Å². The molecule has 1 aromatic rings. The first kappa shape index (κ1) is 15.3. The third-order valence-electron chi connectivity index (χ3n) is 2.55. The number of hydrogen-bond donors (Lipinski definition) is 2. The third kappa shape index (κ3) is 3.87. The van der Waals surface area contributed by atoms with E-state index in [1.165, 1.54) is 25.1 Å². The molecule has 0 spiro atoms. The molecule has 1 atom stereocenters. The standard InChI is InChI=1S/C12H16N2O4S/c1-3-11(15)9-5-4-6-10(7-9)19(17,18)14-8(2)12(13)16/h4-8,14H,3H2,1-2H3,(H2,13,16). The van der Waals surface area contributed by atoms with Crippen LogP contribution < -0.4 is 10.5 Å². The number of carbonyl (C=O) groups is 2. The summed E-state index contributed by atoms with van der Waals surface area (Å²) in [5.74, 6) is -0.927. The molecule has 1 rings (SSSR count). The van der Waals surface area contributed by atoms with E-state index in [1.807, 2.05) is 0 Å². The van der Waals surface area contributed by atoms with Gasteiger partial charge in [-0.25, -0.2) is 8.42 Å². The highest BCUT2D eigenvalue weighted by Gasteiger charge is 2.21. The summed E-state index contributed by atoms with van der Waals surface area (Å²) in [5.41, 5.74) is 5.32. The second-order valence-corrected chi connectivity index (χ2v) is 5.76. The van der Waals surface area contributed by atoms with E-state index in [4.69, 9.17) is 5.73 Å². The molecule has 0 fully saturated rings. The van der Waals surface area contributed by atoms with Crippen LogP contribution in [-0.4, -0.2) is 26.2 Å². The smallest absolute Gasteiger partial charge is 0.241 e. The largest absolute Gasteiger partial charge is 0.368 e. The molecule has 3 N–H and O–H groups in total. The molecule has 0 aliphatic rings. The first-order chi connectivity index (χ1) is 8.77. The van der Waals surface area contributed by atoms with Crippen molar-refractivity contribution in [3.8, 4) is 0 Å². The first-order valence-corrected chi connectivity index (χ1v) is 7.21. The van der Waals surface area contributed by atoms with Crippen LogP contribution in [0.15, 0.2) is 29.2 Å². The van der Waals surface area contributed by atoms with Gasteiger partial charge in [0.05, 0.1) is 10.9 Å². The highest BCUT2D eigenvalue weighted by atomic mass is 32.2. The molecular weight excluding hydrogens is 268 g/mol. The molecule has 104 valence electrons. The molecule has 1 amide bonds. The number of ketones is 1. The Kier molecular flexibility index (Phi) is 4.79. The van der Waals surface area contributed by atoms with E-state index >= 15 is 0 Å². The molecule has 6 nitrogen and oxygen atoms in total. The fourth-order valence-corrected chi connectivity index (χ4v) is 2.66.